The Morgan fingerprint density at radius 2 is 1.72 bits per heavy atom. The largest absolute Gasteiger partial charge is 0.452 e. The summed E-state index contributed by atoms with van der Waals surface area (Å²) in [6.07, 6.45) is -0.0774. The maximum absolute atomic E-state index is 13.0. The topological polar surface area (TPSA) is 110 Å². The molecule has 3 rings (SSSR count). The first-order chi connectivity index (χ1) is 15.0. The SMILES string of the molecule is COC(=O)N1c2ccc(-c3ccc(CS(N)(=O)=O)cc3)cc2N(C(=O)CC(C)C)C[C@@H]1C. The molecule has 2 aromatic carbocycles. The van der Waals surface area contributed by atoms with Crippen LogP contribution in [0.1, 0.15) is 32.8 Å². The van der Waals surface area contributed by atoms with Gasteiger partial charge < -0.3 is 9.64 Å². The maximum atomic E-state index is 13.0. The molecule has 1 heterocycles. The molecule has 1 atom stereocenters. The molecule has 0 saturated heterocycles. The number of benzene rings is 2. The predicted octanol–water partition coefficient (Wildman–Crippen LogP) is 3.50. The molecule has 1 aliphatic rings. The monoisotopic (exact) mass is 459 g/mol. The minimum absolute atomic E-state index is 0.00161. The molecule has 0 saturated carbocycles. The van der Waals surface area contributed by atoms with E-state index in [1.165, 1.54) is 7.11 Å². The lowest BCUT2D eigenvalue weighted by Crippen LogP contribution is -2.52. The van der Waals surface area contributed by atoms with E-state index >= 15 is 0 Å². The normalized spacial score (nSPS) is 16.1. The second kappa shape index (κ2) is 9.30. The van der Waals surface area contributed by atoms with Crippen LogP contribution in [0.3, 0.4) is 0 Å². The first kappa shape index (κ1) is 23.7. The zero-order valence-electron chi connectivity index (χ0n) is 18.7. The fourth-order valence-corrected chi connectivity index (χ4v) is 4.56. The summed E-state index contributed by atoms with van der Waals surface area (Å²) in [5, 5.41) is 5.12. The highest BCUT2D eigenvalue weighted by Crippen LogP contribution is 2.39. The molecule has 0 radical (unpaired) electrons. The number of hydrogen-bond donors (Lipinski definition) is 1. The Hall–Kier alpha value is -2.91. The third kappa shape index (κ3) is 5.28. The van der Waals surface area contributed by atoms with Crippen molar-refractivity contribution in [2.45, 2.75) is 39.0 Å². The van der Waals surface area contributed by atoms with Crippen LogP contribution in [0, 0.1) is 5.92 Å². The van der Waals surface area contributed by atoms with Crippen molar-refractivity contribution in [3.8, 4) is 11.1 Å². The van der Waals surface area contributed by atoms with Crippen LogP contribution in [0.4, 0.5) is 16.2 Å². The Bertz CT molecular complexity index is 1110. The van der Waals surface area contributed by atoms with Gasteiger partial charge in [0.15, 0.2) is 0 Å². The standard InChI is InChI=1S/C23H29N3O5S/c1-15(2)11-22(27)25-13-16(3)26(23(28)31-4)20-10-9-19(12-21(20)25)18-7-5-17(6-8-18)14-32(24,29)30/h5-10,12,15-16H,11,13-14H2,1-4H3,(H2,24,29,30)/t16-/m0/s1. The highest BCUT2D eigenvalue weighted by molar-refractivity contribution is 7.88. The Morgan fingerprint density at radius 1 is 1.09 bits per heavy atom. The van der Waals surface area contributed by atoms with Crippen LogP contribution in [0.5, 0.6) is 0 Å². The van der Waals surface area contributed by atoms with Gasteiger partial charge in [0, 0.05) is 13.0 Å². The van der Waals surface area contributed by atoms with Gasteiger partial charge in [-0.2, -0.15) is 0 Å². The minimum atomic E-state index is -3.61. The number of carbonyl (C=O) groups excluding carboxylic acids is 2. The van der Waals surface area contributed by atoms with Gasteiger partial charge in [-0.25, -0.2) is 18.4 Å². The number of carbonyl (C=O) groups is 2. The second-order valence-electron chi connectivity index (χ2n) is 8.50. The van der Waals surface area contributed by atoms with E-state index in [1.54, 1.807) is 21.9 Å². The van der Waals surface area contributed by atoms with E-state index in [2.05, 4.69) is 0 Å². The van der Waals surface area contributed by atoms with Crippen molar-refractivity contribution >= 4 is 33.4 Å². The van der Waals surface area contributed by atoms with Gasteiger partial charge in [0.2, 0.25) is 15.9 Å². The average Bonchev–Trinajstić information content (AvgIpc) is 2.71. The molecule has 2 amide bonds. The van der Waals surface area contributed by atoms with E-state index in [9.17, 15) is 18.0 Å². The van der Waals surface area contributed by atoms with Crippen LogP contribution in [0.15, 0.2) is 42.5 Å². The Kier molecular flexibility index (Phi) is 6.90. The van der Waals surface area contributed by atoms with Crippen LogP contribution in [0.2, 0.25) is 0 Å². The molecular formula is C23H29N3O5S. The summed E-state index contributed by atoms with van der Waals surface area (Å²) < 4.78 is 27.6. The number of anilines is 2. The third-order valence-corrected chi connectivity index (χ3v) is 6.06. The molecule has 9 heteroatoms. The summed E-state index contributed by atoms with van der Waals surface area (Å²) in [5.41, 5.74) is 3.54. The second-order valence-corrected chi connectivity index (χ2v) is 10.1. The Balaban J connectivity index is 2.04. The number of methoxy groups -OCH3 is 1. The van der Waals surface area contributed by atoms with Crippen molar-refractivity contribution in [2.24, 2.45) is 11.1 Å². The molecule has 0 fully saturated rings. The molecule has 0 spiro atoms. The summed E-state index contributed by atoms with van der Waals surface area (Å²) in [5.74, 6) is -0.0336. The number of amides is 2. The van der Waals surface area contributed by atoms with E-state index in [4.69, 9.17) is 9.88 Å². The van der Waals surface area contributed by atoms with Crippen molar-refractivity contribution in [1.82, 2.24) is 0 Å². The van der Waals surface area contributed by atoms with E-state index in [0.717, 1.165) is 11.1 Å². The lowest BCUT2D eigenvalue weighted by Gasteiger charge is -2.40. The van der Waals surface area contributed by atoms with E-state index in [1.807, 2.05) is 51.1 Å². The average molecular weight is 460 g/mol. The van der Waals surface area contributed by atoms with Crippen LogP contribution >= 0.6 is 0 Å². The minimum Gasteiger partial charge on any atom is -0.452 e. The van der Waals surface area contributed by atoms with Crippen LogP contribution < -0.4 is 14.9 Å². The molecule has 32 heavy (non-hydrogen) atoms. The number of primary sulfonamides is 1. The molecule has 0 aliphatic carbocycles. The highest BCUT2D eigenvalue weighted by Gasteiger charge is 2.35. The van der Waals surface area contributed by atoms with Gasteiger partial charge in [0.05, 0.1) is 30.3 Å². The fourth-order valence-electron chi connectivity index (χ4n) is 3.90. The quantitative estimate of drug-likeness (QED) is 0.736. The number of ether oxygens (including phenoxy) is 1. The first-order valence-corrected chi connectivity index (χ1v) is 12.1. The summed E-state index contributed by atoms with van der Waals surface area (Å²) >= 11 is 0. The molecular weight excluding hydrogens is 430 g/mol. The van der Waals surface area contributed by atoms with Crippen LogP contribution in [0.25, 0.3) is 11.1 Å². The van der Waals surface area contributed by atoms with Gasteiger partial charge in [-0.3, -0.25) is 9.69 Å². The lowest BCUT2D eigenvalue weighted by molar-refractivity contribution is -0.119. The number of hydrogen-bond acceptors (Lipinski definition) is 5. The van der Waals surface area contributed by atoms with Gasteiger partial charge in [0.1, 0.15) is 0 Å². The van der Waals surface area contributed by atoms with Crippen molar-refractivity contribution in [3.63, 3.8) is 0 Å². The van der Waals surface area contributed by atoms with Crippen molar-refractivity contribution in [1.29, 1.82) is 0 Å². The van der Waals surface area contributed by atoms with Crippen molar-refractivity contribution in [3.05, 3.63) is 48.0 Å². The molecule has 0 unspecified atom stereocenters. The maximum Gasteiger partial charge on any atom is 0.414 e. The van der Waals surface area contributed by atoms with E-state index in [0.29, 0.717) is 29.9 Å². The Morgan fingerprint density at radius 3 is 2.28 bits per heavy atom. The van der Waals surface area contributed by atoms with E-state index < -0.39 is 16.1 Å². The number of sulfonamides is 1. The molecule has 1 aliphatic heterocycles. The smallest absolute Gasteiger partial charge is 0.414 e. The van der Waals surface area contributed by atoms with Gasteiger partial charge in [-0.15, -0.1) is 0 Å². The van der Waals surface area contributed by atoms with Gasteiger partial charge in [0.25, 0.3) is 0 Å². The van der Waals surface area contributed by atoms with E-state index in [-0.39, 0.29) is 23.6 Å². The number of nitrogens with zero attached hydrogens (tertiary/aromatic N) is 2. The molecule has 2 aromatic rings. The van der Waals surface area contributed by atoms with Gasteiger partial charge >= 0.3 is 6.09 Å². The summed E-state index contributed by atoms with van der Waals surface area (Å²) in [7, 11) is -2.27. The van der Waals surface area contributed by atoms with Crippen molar-refractivity contribution in [2.75, 3.05) is 23.5 Å². The Labute approximate surface area is 189 Å². The zero-order valence-corrected chi connectivity index (χ0v) is 19.6. The fraction of sp³-hybridized carbons (Fsp3) is 0.391. The van der Waals surface area contributed by atoms with Crippen molar-refractivity contribution < 1.29 is 22.7 Å². The van der Waals surface area contributed by atoms with Gasteiger partial charge in [-0.05, 0) is 41.7 Å². The summed E-state index contributed by atoms with van der Waals surface area (Å²) in [6, 6.07) is 12.4. The molecule has 2 N–H and O–H groups in total. The lowest BCUT2D eigenvalue weighted by atomic mass is 9.99. The number of fused-ring (bicyclic) bond motifs is 1. The van der Waals surface area contributed by atoms with Crippen LogP contribution in [-0.2, 0) is 25.3 Å². The molecule has 0 aromatic heterocycles. The molecule has 172 valence electrons. The van der Waals surface area contributed by atoms with Gasteiger partial charge in [-0.1, -0.05) is 44.2 Å². The highest BCUT2D eigenvalue weighted by atomic mass is 32.2. The molecule has 0 bridgehead atoms. The number of nitrogens with two attached hydrogens (primary N) is 1. The third-order valence-electron chi connectivity index (χ3n) is 5.32. The zero-order chi connectivity index (χ0) is 23.6. The number of rotatable bonds is 5. The van der Waals surface area contributed by atoms with Crippen LogP contribution in [-0.4, -0.2) is 40.1 Å². The molecule has 8 nitrogen and oxygen atoms in total. The summed E-state index contributed by atoms with van der Waals surface area (Å²) in [4.78, 5) is 28.7. The summed E-state index contributed by atoms with van der Waals surface area (Å²) in [6.45, 7) is 6.23. The predicted molar refractivity (Wildman–Crippen MR) is 125 cm³/mol. The first-order valence-electron chi connectivity index (χ1n) is 10.4.